The number of likely N-dealkylation sites (tertiary alicyclic amines) is 1. The molecule has 0 radical (unpaired) electrons. The van der Waals surface area contributed by atoms with E-state index in [4.69, 9.17) is 4.74 Å². The lowest BCUT2D eigenvalue weighted by molar-refractivity contribution is -0.125. The molecular weight excluding hydrogens is 366 g/mol. The van der Waals surface area contributed by atoms with E-state index >= 15 is 0 Å². The van der Waals surface area contributed by atoms with Crippen LogP contribution in [-0.2, 0) is 16.0 Å². The number of carbonyl (C=O) groups excluding carboxylic acids is 1. The highest BCUT2D eigenvalue weighted by Gasteiger charge is 2.31. The van der Waals surface area contributed by atoms with Crippen LogP contribution in [0.15, 0.2) is 42.9 Å². The molecule has 0 aliphatic carbocycles. The molecule has 7 heteroatoms. The number of hydrogen-bond donors (Lipinski definition) is 0. The molecule has 0 saturated carbocycles. The number of ketones is 1. The number of nitrogens with zero attached hydrogens (tertiary/aromatic N) is 5. The van der Waals surface area contributed by atoms with Crippen molar-refractivity contribution in [1.82, 2.24) is 25.1 Å². The highest BCUT2D eigenvalue weighted by Crippen LogP contribution is 2.25. The van der Waals surface area contributed by atoms with E-state index in [1.807, 2.05) is 24.3 Å². The molecule has 4 heterocycles. The van der Waals surface area contributed by atoms with Crippen LogP contribution in [0.1, 0.15) is 18.5 Å². The van der Waals surface area contributed by atoms with Crippen molar-refractivity contribution in [3.8, 4) is 11.3 Å². The summed E-state index contributed by atoms with van der Waals surface area (Å²) in [5.74, 6) is 0.393. The lowest BCUT2D eigenvalue weighted by Gasteiger charge is -2.41. The van der Waals surface area contributed by atoms with E-state index in [1.54, 1.807) is 18.6 Å². The molecule has 148 valence electrons. The molecule has 2 aromatic heterocycles. The summed E-state index contributed by atoms with van der Waals surface area (Å²) < 4.78 is 5.28. The molecule has 29 heavy (non-hydrogen) atoms. The summed E-state index contributed by atoms with van der Waals surface area (Å²) in [6.07, 6.45) is 7.26. The predicted molar refractivity (Wildman–Crippen MR) is 108 cm³/mol. The van der Waals surface area contributed by atoms with Gasteiger partial charge in [0.25, 0.3) is 0 Å². The summed E-state index contributed by atoms with van der Waals surface area (Å²) in [5.41, 5.74) is 3.33. The molecule has 0 bridgehead atoms. The van der Waals surface area contributed by atoms with Crippen LogP contribution in [0.25, 0.3) is 22.2 Å². The van der Waals surface area contributed by atoms with Gasteiger partial charge in [-0.3, -0.25) is 19.7 Å². The molecule has 0 amide bonds. The van der Waals surface area contributed by atoms with E-state index in [2.05, 4.69) is 25.1 Å². The molecule has 0 N–H and O–H groups in total. The average Bonchev–Trinajstić information content (AvgIpc) is 2.73. The Labute approximate surface area is 169 Å². The van der Waals surface area contributed by atoms with Gasteiger partial charge < -0.3 is 4.74 Å². The molecule has 0 spiro atoms. The first-order valence-corrected chi connectivity index (χ1v) is 10.1. The smallest absolute Gasteiger partial charge is 0.142 e. The third-order valence-corrected chi connectivity index (χ3v) is 5.97. The second-order valence-corrected chi connectivity index (χ2v) is 7.84. The molecule has 0 unspecified atom stereocenters. The fraction of sp³-hybridized carbons (Fsp3) is 0.409. The summed E-state index contributed by atoms with van der Waals surface area (Å²) in [4.78, 5) is 23.8. The lowest BCUT2D eigenvalue weighted by Crippen LogP contribution is -2.52. The van der Waals surface area contributed by atoms with E-state index in [0.717, 1.165) is 67.0 Å². The van der Waals surface area contributed by atoms with E-state index < -0.39 is 0 Å². The monoisotopic (exact) mass is 389 g/mol. The van der Waals surface area contributed by atoms with Crippen molar-refractivity contribution in [2.24, 2.45) is 5.92 Å². The number of hydrogen-bond acceptors (Lipinski definition) is 7. The maximum absolute atomic E-state index is 12.8. The number of aromatic nitrogens is 4. The third-order valence-electron chi connectivity index (χ3n) is 5.97. The van der Waals surface area contributed by atoms with Gasteiger partial charge in [0.15, 0.2) is 0 Å². The van der Waals surface area contributed by atoms with E-state index in [9.17, 15) is 4.79 Å². The number of fused-ring (bicyclic) bond motifs is 1. The number of carbonyl (C=O) groups is 1. The van der Waals surface area contributed by atoms with E-state index in [1.165, 1.54) is 0 Å². The van der Waals surface area contributed by atoms with Crippen LogP contribution < -0.4 is 0 Å². The summed E-state index contributed by atoms with van der Waals surface area (Å²) in [7, 11) is 0. The number of benzene rings is 1. The van der Waals surface area contributed by atoms with Crippen LogP contribution in [0, 0.1) is 5.92 Å². The first kappa shape index (κ1) is 18.3. The van der Waals surface area contributed by atoms with Crippen molar-refractivity contribution in [3.63, 3.8) is 0 Å². The lowest BCUT2D eigenvalue weighted by atomic mass is 9.89. The molecule has 2 saturated heterocycles. The van der Waals surface area contributed by atoms with Gasteiger partial charge in [0, 0.05) is 29.3 Å². The van der Waals surface area contributed by atoms with Gasteiger partial charge in [-0.15, -0.1) is 0 Å². The second kappa shape index (κ2) is 7.93. The molecule has 0 atom stereocenters. The van der Waals surface area contributed by atoms with Gasteiger partial charge in [0.1, 0.15) is 5.78 Å². The van der Waals surface area contributed by atoms with Crippen LogP contribution in [0.2, 0.25) is 0 Å². The van der Waals surface area contributed by atoms with Crippen molar-refractivity contribution in [2.45, 2.75) is 25.3 Å². The Morgan fingerprint density at radius 1 is 1.10 bits per heavy atom. The summed E-state index contributed by atoms with van der Waals surface area (Å²) in [5, 5.41) is 9.56. The summed E-state index contributed by atoms with van der Waals surface area (Å²) in [6.45, 7) is 3.63. The van der Waals surface area contributed by atoms with Gasteiger partial charge in [-0.25, -0.2) is 0 Å². The Balaban J connectivity index is 1.28. The highest BCUT2D eigenvalue weighted by atomic mass is 16.5. The summed E-state index contributed by atoms with van der Waals surface area (Å²) >= 11 is 0. The quantitative estimate of drug-likeness (QED) is 0.662. The Bertz CT molecular complexity index is 1010. The van der Waals surface area contributed by atoms with Gasteiger partial charge in [0.05, 0.1) is 48.8 Å². The molecule has 1 aromatic carbocycles. The van der Waals surface area contributed by atoms with Gasteiger partial charge >= 0.3 is 0 Å². The molecule has 2 aliphatic rings. The molecule has 2 aliphatic heterocycles. The van der Waals surface area contributed by atoms with Gasteiger partial charge in [-0.2, -0.15) is 10.2 Å². The average molecular weight is 389 g/mol. The SMILES string of the molecule is O=C(Cc1cc2cc(-c3cnccn3)ccc2nn1)C1CCN(C2COC2)CC1. The Morgan fingerprint density at radius 3 is 2.69 bits per heavy atom. The zero-order valence-corrected chi connectivity index (χ0v) is 16.2. The molecular formula is C22H23N5O2. The highest BCUT2D eigenvalue weighted by molar-refractivity contribution is 5.86. The number of ether oxygens (including phenoxy) is 1. The van der Waals surface area contributed by atoms with Gasteiger partial charge in [0.2, 0.25) is 0 Å². The number of rotatable bonds is 5. The zero-order valence-electron chi connectivity index (χ0n) is 16.2. The normalized spacial score (nSPS) is 18.6. The van der Waals surface area contributed by atoms with E-state index in [-0.39, 0.29) is 11.7 Å². The van der Waals surface area contributed by atoms with Crippen molar-refractivity contribution >= 4 is 16.7 Å². The molecule has 2 fully saturated rings. The summed E-state index contributed by atoms with van der Waals surface area (Å²) in [6, 6.07) is 8.45. The van der Waals surface area contributed by atoms with Crippen LogP contribution >= 0.6 is 0 Å². The van der Waals surface area contributed by atoms with Crippen LogP contribution in [-0.4, -0.2) is 63.2 Å². The van der Waals surface area contributed by atoms with Gasteiger partial charge in [-0.05, 0) is 44.1 Å². The number of piperidine rings is 1. The first-order valence-electron chi connectivity index (χ1n) is 10.1. The van der Waals surface area contributed by atoms with Crippen molar-refractivity contribution in [1.29, 1.82) is 0 Å². The maximum atomic E-state index is 12.8. The van der Waals surface area contributed by atoms with Crippen molar-refractivity contribution < 1.29 is 9.53 Å². The minimum absolute atomic E-state index is 0.121. The second-order valence-electron chi connectivity index (χ2n) is 7.84. The molecule has 3 aromatic rings. The topological polar surface area (TPSA) is 81.1 Å². The van der Waals surface area contributed by atoms with Gasteiger partial charge in [-0.1, -0.05) is 6.07 Å². The fourth-order valence-corrected chi connectivity index (χ4v) is 4.13. The van der Waals surface area contributed by atoms with Crippen molar-refractivity contribution in [3.05, 3.63) is 48.5 Å². The Hall–Kier alpha value is -2.77. The zero-order chi connectivity index (χ0) is 19.6. The minimum atomic E-state index is 0.121. The van der Waals surface area contributed by atoms with Crippen LogP contribution in [0.5, 0.6) is 0 Å². The third kappa shape index (κ3) is 3.88. The van der Waals surface area contributed by atoms with Crippen LogP contribution in [0.4, 0.5) is 0 Å². The molecule has 7 nitrogen and oxygen atoms in total. The van der Waals surface area contributed by atoms with Crippen molar-refractivity contribution in [2.75, 3.05) is 26.3 Å². The fourth-order valence-electron chi connectivity index (χ4n) is 4.13. The Kier molecular flexibility index (Phi) is 4.99. The maximum Gasteiger partial charge on any atom is 0.142 e. The standard InChI is InChI=1S/C22H23N5O2/c28-22(15-3-7-27(8-4-15)19-13-29-14-19)11-18-10-17-9-16(1-2-20(17)26-25-18)21-12-23-5-6-24-21/h1-2,5-6,9-10,12,15,19H,3-4,7-8,11,13-14H2. The molecule has 5 rings (SSSR count). The Morgan fingerprint density at radius 2 is 1.97 bits per heavy atom. The van der Waals surface area contributed by atoms with E-state index in [0.29, 0.717) is 12.5 Å². The first-order chi connectivity index (χ1) is 14.3. The van der Waals surface area contributed by atoms with Crippen LogP contribution in [0.3, 0.4) is 0 Å². The predicted octanol–water partition coefficient (Wildman–Crippen LogP) is 2.31. The number of Topliss-reactive ketones (excluding diaryl/α,β-unsaturated/α-hetero) is 1. The minimum Gasteiger partial charge on any atom is -0.378 e. The largest absolute Gasteiger partial charge is 0.378 e.